The zero-order chi connectivity index (χ0) is 59.6. The second-order valence-electron chi connectivity index (χ2n) is 21.9. The van der Waals surface area contributed by atoms with Gasteiger partial charge in [0.1, 0.15) is 29.9 Å². The van der Waals surface area contributed by atoms with Gasteiger partial charge < -0.3 is 46.3 Å². The van der Waals surface area contributed by atoms with Gasteiger partial charge in [0.25, 0.3) is 11.4 Å². The lowest BCUT2D eigenvalue weighted by molar-refractivity contribution is -0.146. The fourth-order valence-corrected chi connectivity index (χ4v) is 12.3. The van der Waals surface area contributed by atoms with Gasteiger partial charge in [-0.25, -0.2) is 4.79 Å². The molecule has 0 spiro atoms. The first kappa shape index (κ1) is 58.6. The van der Waals surface area contributed by atoms with Gasteiger partial charge in [0.15, 0.2) is 0 Å². The van der Waals surface area contributed by atoms with Gasteiger partial charge in [-0.3, -0.25) is 72.0 Å². The highest BCUT2D eigenvalue weighted by Crippen LogP contribution is 2.40. The van der Waals surface area contributed by atoms with E-state index in [0.29, 0.717) is 55.7 Å². The molecule has 6 aromatic rings. The first-order valence-electron chi connectivity index (χ1n) is 27.8. The number of imidazole rings is 1. The largest absolute Gasteiger partial charge is 0.396 e. The predicted octanol–water partition coefficient (Wildman–Crippen LogP) is 1.28. The number of carbonyl (C=O) groups excluding carboxylic acids is 9. The van der Waals surface area contributed by atoms with E-state index in [9.17, 15) is 57.5 Å². The number of rotatable bonds is 18. The number of imide groups is 1. The summed E-state index contributed by atoms with van der Waals surface area (Å²) in [7, 11) is -3.50. The van der Waals surface area contributed by atoms with Crippen LogP contribution in [0, 0.1) is 0 Å². The summed E-state index contributed by atoms with van der Waals surface area (Å²) in [5, 5.41) is 11.2. The molecule has 1 unspecified atom stereocenters. The molecule has 0 bridgehead atoms. The van der Waals surface area contributed by atoms with Crippen LogP contribution in [0.3, 0.4) is 0 Å². The van der Waals surface area contributed by atoms with E-state index in [1.54, 1.807) is 7.05 Å². The summed E-state index contributed by atoms with van der Waals surface area (Å²) in [5.41, 5.74) is 7.44. The van der Waals surface area contributed by atoms with Crippen LogP contribution in [0.5, 0.6) is 0 Å². The molecule has 10 rings (SSSR count). The van der Waals surface area contributed by atoms with Gasteiger partial charge in [-0.05, 0) is 85.2 Å². The number of fused-ring (bicyclic) bond motifs is 3. The second kappa shape index (κ2) is 24.7. The van der Waals surface area contributed by atoms with Crippen molar-refractivity contribution < 1.29 is 57.5 Å². The Kier molecular flexibility index (Phi) is 17.2. The fourth-order valence-electron chi connectivity index (χ4n) is 11.9. The third-order valence-electron chi connectivity index (χ3n) is 16.3. The molecule has 84 heavy (non-hydrogen) atoms. The molecule has 4 aliphatic heterocycles. The molecule has 9 N–H and O–H groups in total. The average Bonchev–Trinajstić information content (AvgIpc) is 3.38. The SMILES string of the molecule is Cn1c(=O)n(C2CCC(=O)NC2=O)c2ccc(CN3CCN(CC(=O)N4CC[C@H]5CC[C@@H](C(=O)N[C@@H](CCC(N)=O)C(=O)NC(c6ccccc6)c6ccccc6)N5C(=O)[C@@H](NC(=O)c5cc6cc(C(=O)P(=O)(O)O)ccc6[nH]5)C4)CC3)cc21. The van der Waals surface area contributed by atoms with E-state index >= 15 is 4.79 Å². The van der Waals surface area contributed by atoms with Crippen LogP contribution in [0.15, 0.2) is 108 Å². The number of piperidine rings is 1. The number of H-pyrrole nitrogens is 1. The third-order valence-corrected chi connectivity index (χ3v) is 17.1. The van der Waals surface area contributed by atoms with Crippen molar-refractivity contribution in [1.82, 2.24) is 55.0 Å². The number of primary amides is 1. The van der Waals surface area contributed by atoms with Gasteiger partial charge in [-0.1, -0.05) is 66.7 Å². The van der Waals surface area contributed by atoms with Crippen molar-refractivity contribution in [3.8, 4) is 0 Å². The van der Waals surface area contributed by atoms with E-state index in [4.69, 9.17) is 5.73 Å². The van der Waals surface area contributed by atoms with Crippen molar-refractivity contribution in [2.45, 2.75) is 87.7 Å². The van der Waals surface area contributed by atoms with Crippen LogP contribution in [0.1, 0.15) is 94.6 Å². The van der Waals surface area contributed by atoms with E-state index < -0.39 is 84.8 Å². The zero-order valence-corrected chi connectivity index (χ0v) is 46.9. The molecular weight excluding hydrogens is 1100 g/mol. The highest BCUT2D eigenvalue weighted by Gasteiger charge is 2.46. The topological polar surface area (TPSA) is 341 Å². The summed E-state index contributed by atoms with van der Waals surface area (Å²) >= 11 is 0. The van der Waals surface area contributed by atoms with Gasteiger partial charge in [0.2, 0.25) is 41.4 Å². The lowest BCUT2D eigenvalue weighted by Crippen LogP contribution is -2.62. The van der Waals surface area contributed by atoms with Crippen molar-refractivity contribution in [1.29, 1.82) is 0 Å². The first-order valence-corrected chi connectivity index (χ1v) is 29.4. The molecule has 4 saturated heterocycles. The Bertz CT molecular complexity index is 3640. The van der Waals surface area contributed by atoms with Gasteiger partial charge in [-0.2, -0.15) is 0 Å². The Morgan fingerprint density at radius 3 is 2.13 bits per heavy atom. The molecule has 4 fully saturated rings. The summed E-state index contributed by atoms with van der Waals surface area (Å²) < 4.78 is 14.7. The minimum absolute atomic E-state index is 0.00806. The van der Waals surface area contributed by atoms with Crippen LogP contribution in [0.4, 0.5) is 0 Å². The molecule has 26 heteroatoms. The normalized spacial score (nSPS) is 20.3. The molecule has 4 aromatic carbocycles. The first-order chi connectivity index (χ1) is 40.2. The summed E-state index contributed by atoms with van der Waals surface area (Å²) in [6.45, 7) is 2.59. The maximum absolute atomic E-state index is 15.2. The molecule has 0 saturated carbocycles. The summed E-state index contributed by atoms with van der Waals surface area (Å²) in [6.07, 6.45) is 0.737. The van der Waals surface area contributed by atoms with Crippen LogP contribution in [0.25, 0.3) is 21.9 Å². The predicted molar refractivity (Wildman–Crippen MR) is 304 cm³/mol. The zero-order valence-electron chi connectivity index (χ0n) is 46.0. The standard InChI is InChI=1S/C58H65N12O13P/c1-65-47-28-34(12-17-44(47)70(58(65)80)46-19-21-49(72)63-55(46)77)31-66-24-26-67(27-25-66)33-50(73)68-23-22-39-14-18-45(54(76)61-41(16-20-48(59)71)52(74)64-51(35-8-4-2-5-9-35)36-10-6-3-7-11-36)69(39)56(78)43(32-68)62-53(75)42-30-38-29-37(13-15-40(38)60-42)57(79)84(81,82)83/h2-13,15,17,28-30,39,41,43,45-46,51,60H,14,16,18-27,31-33H2,1H3,(H2,59,71)(H,61,76)(H,62,75)(H,64,74)(H,63,72,77)(H2,81,82,83)/t39-,41+,43+,45+,46?/m1/s1. The number of benzene rings is 4. The molecule has 8 amide bonds. The molecule has 0 aliphatic carbocycles. The molecule has 5 atom stereocenters. The number of nitrogens with zero attached hydrogens (tertiary/aromatic N) is 6. The molecule has 25 nitrogen and oxygen atoms in total. The molecule has 4 aliphatic rings. The van der Waals surface area contributed by atoms with Gasteiger partial charge in [0.05, 0.1) is 23.6 Å². The van der Waals surface area contributed by atoms with Gasteiger partial charge in [0, 0.05) is 88.2 Å². The van der Waals surface area contributed by atoms with Crippen LogP contribution in [-0.4, -0.2) is 166 Å². The van der Waals surface area contributed by atoms with Crippen LogP contribution in [0.2, 0.25) is 0 Å². The maximum Gasteiger partial charge on any atom is 0.396 e. The van der Waals surface area contributed by atoms with Gasteiger partial charge in [-0.15, -0.1) is 0 Å². The minimum atomic E-state index is -5.14. The lowest BCUT2D eigenvalue weighted by atomic mass is 9.98. The average molecular weight is 1170 g/mol. The molecule has 440 valence electrons. The molecule has 0 radical (unpaired) electrons. The van der Waals surface area contributed by atoms with E-state index in [-0.39, 0.29) is 92.3 Å². The third kappa shape index (κ3) is 12.8. The minimum Gasteiger partial charge on any atom is -0.370 e. The number of amides is 8. The molecule has 6 heterocycles. The Morgan fingerprint density at radius 1 is 0.774 bits per heavy atom. The summed E-state index contributed by atoms with van der Waals surface area (Å²) in [6, 6.07) is 23.4. The van der Waals surface area contributed by atoms with E-state index in [1.165, 1.54) is 43.2 Å². The van der Waals surface area contributed by atoms with Crippen LogP contribution >= 0.6 is 7.60 Å². The quantitative estimate of drug-likeness (QED) is 0.0444. The Morgan fingerprint density at radius 2 is 1.46 bits per heavy atom. The van der Waals surface area contributed by atoms with Crippen LogP contribution < -0.4 is 32.7 Å². The number of aromatic nitrogens is 3. The van der Waals surface area contributed by atoms with Crippen molar-refractivity contribution >= 4 is 82.3 Å². The van der Waals surface area contributed by atoms with E-state index in [1.807, 2.05) is 83.8 Å². The highest BCUT2D eigenvalue weighted by atomic mass is 31.2. The number of aryl methyl sites for hydroxylation is 1. The highest BCUT2D eigenvalue weighted by molar-refractivity contribution is 7.70. The second-order valence-corrected chi connectivity index (χ2v) is 23.4. The van der Waals surface area contributed by atoms with Crippen molar-refractivity contribution in [3.05, 3.63) is 142 Å². The monoisotopic (exact) mass is 1170 g/mol. The molecular formula is C58H65N12O13P. The summed E-state index contributed by atoms with van der Waals surface area (Å²) in [4.78, 5) is 165. The van der Waals surface area contributed by atoms with E-state index in [2.05, 4.69) is 31.2 Å². The van der Waals surface area contributed by atoms with Crippen molar-refractivity contribution in [2.24, 2.45) is 12.8 Å². The number of nitrogens with one attached hydrogen (secondary N) is 5. The van der Waals surface area contributed by atoms with Crippen molar-refractivity contribution in [2.75, 3.05) is 45.8 Å². The lowest BCUT2D eigenvalue weighted by Gasteiger charge is -2.40. The number of nitrogens with two attached hydrogens (primary N) is 1. The summed E-state index contributed by atoms with van der Waals surface area (Å²) in [5.74, 6) is -4.62. The number of aromatic amines is 1. The Balaban J connectivity index is 0.845. The van der Waals surface area contributed by atoms with Crippen LogP contribution in [-0.2, 0) is 51.7 Å². The smallest absolute Gasteiger partial charge is 0.370 e. The van der Waals surface area contributed by atoms with E-state index in [0.717, 1.165) is 16.7 Å². The number of carbonyl (C=O) groups is 9. The Hall–Kier alpha value is -8.61. The number of hydrogen-bond donors (Lipinski definition) is 8. The fraction of sp³-hybridized carbons (Fsp3) is 0.379. The number of hydrogen-bond acceptors (Lipinski definition) is 13. The maximum atomic E-state index is 15.2. The Labute approximate surface area is 481 Å². The van der Waals surface area contributed by atoms with Crippen molar-refractivity contribution in [3.63, 3.8) is 0 Å². The number of piperazine rings is 1. The van der Waals surface area contributed by atoms with Gasteiger partial charge >= 0.3 is 13.3 Å². The molecule has 2 aromatic heterocycles.